The molecule has 204 valence electrons. The number of aryl methyl sites for hydroxylation is 1. The van der Waals surface area contributed by atoms with Crippen LogP contribution in [0.4, 0.5) is 5.69 Å². The number of hydrogen-bond donors (Lipinski definition) is 1. The zero-order valence-corrected chi connectivity index (χ0v) is 24.7. The molecule has 0 unspecified atom stereocenters. The molecule has 1 N–H and O–H groups in total. The van der Waals surface area contributed by atoms with Gasteiger partial charge >= 0.3 is 0 Å². The maximum atomic E-state index is 13.4. The van der Waals surface area contributed by atoms with Gasteiger partial charge in [-0.1, -0.05) is 48.3 Å². The van der Waals surface area contributed by atoms with Crippen LogP contribution in [-0.4, -0.2) is 50.0 Å². The lowest BCUT2D eigenvalue weighted by atomic mass is 10.1. The molecular formula is C27H37Cl2N3O4S. The number of sulfonamides is 1. The Labute approximate surface area is 231 Å². The highest BCUT2D eigenvalue weighted by Crippen LogP contribution is 2.26. The molecule has 0 aliphatic heterocycles. The fraction of sp³-hybridized carbons (Fsp3) is 0.481. The predicted molar refractivity (Wildman–Crippen MR) is 152 cm³/mol. The average molecular weight is 571 g/mol. The normalized spacial score (nSPS) is 13.1. The molecule has 0 heterocycles. The van der Waals surface area contributed by atoms with E-state index >= 15 is 0 Å². The first-order valence-electron chi connectivity index (χ1n) is 12.3. The molecule has 0 saturated heterocycles. The number of anilines is 1. The number of hydrogen-bond acceptors (Lipinski definition) is 4. The molecule has 2 amide bonds. The van der Waals surface area contributed by atoms with Crippen LogP contribution >= 0.6 is 23.2 Å². The molecular weight excluding hydrogens is 533 g/mol. The van der Waals surface area contributed by atoms with Crippen LogP contribution in [0.5, 0.6) is 0 Å². The molecule has 7 nitrogen and oxygen atoms in total. The molecule has 37 heavy (non-hydrogen) atoms. The Morgan fingerprint density at radius 3 is 2.32 bits per heavy atom. The van der Waals surface area contributed by atoms with Gasteiger partial charge in [-0.3, -0.25) is 13.9 Å². The van der Waals surface area contributed by atoms with E-state index in [0.717, 1.165) is 29.4 Å². The van der Waals surface area contributed by atoms with Crippen LogP contribution < -0.4 is 9.62 Å². The van der Waals surface area contributed by atoms with Gasteiger partial charge in [-0.2, -0.15) is 0 Å². The molecule has 0 aliphatic rings. The molecule has 2 atom stereocenters. The second kappa shape index (κ2) is 13.5. The predicted octanol–water partition coefficient (Wildman–Crippen LogP) is 5.49. The van der Waals surface area contributed by atoms with Crippen LogP contribution in [-0.2, 0) is 26.2 Å². The zero-order chi connectivity index (χ0) is 27.9. The van der Waals surface area contributed by atoms with Crippen LogP contribution in [0.25, 0.3) is 0 Å². The summed E-state index contributed by atoms with van der Waals surface area (Å²) in [5.41, 5.74) is 3.19. The molecule has 0 aliphatic carbocycles. The standard InChI is InChI=1S/C27H37Cl2N3O4S/c1-7-19(3)30-27(34)21(5)31(17-22-13-14-23(28)24(29)16-22)26(33)12-9-15-32(37(6,35)36)25-11-8-10-18(2)20(25)4/h8,10-11,13-14,16,19,21H,7,9,12,15,17H2,1-6H3,(H,30,34)/t19-,21+/m0/s1. The summed E-state index contributed by atoms with van der Waals surface area (Å²) in [7, 11) is -3.56. The van der Waals surface area contributed by atoms with Crippen LogP contribution in [0.3, 0.4) is 0 Å². The van der Waals surface area contributed by atoms with Gasteiger partial charge in [-0.15, -0.1) is 0 Å². The summed E-state index contributed by atoms with van der Waals surface area (Å²) in [6.45, 7) is 9.67. The van der Waals surface area contributed by atoms with E-state index in [1.165, 1.54) is 9.21 Å². The van der Waals surface area contributed by atoms with Crippen molar-refractivity contribution >= 4 is 50.7 Å². The number of benzene rings is 2. The van der Waals surface area contributed by atoms with Gasteiger partial charge in [0, 0.05) is 25.6 Å². The van der Waals surface area contributed by atoms with Crippen molar-refractivity contribution in [3.05, 3.63) is 63.1 Å². The highest BCUT2D eigenvalue weighted by atomic mass is 35.5. The fourth-order valence-corrected chi connectivity index (χ4v) is 5.21. The van der Waals surface area contributed by atoms with Gasteiger partial charge in [-0.05, 0) is 75.4 Å². The molecule has 2 rings (SSSR count). The third-order valence-electron chi connectivity index (χ3n) is 6.50. The van der Waals surface area contributed by atoms with Gasteiger partial charge in [-0.25, -0.2) is 8.42 Å². The summed E-state index contributed by atoms with van der Waals surface area (Å²) < 4.78 is 26.5. The lowest BCUT2D eigenvalue weighted by Crippen LogP contribution is -2.49. The van der Waals surface area contributed by atoms with Crippen molar-refractivity contribution in [3.63, 3.8) is 0 Å². The zero-order valence-electron chi connectivity index (χ0n) is 22.3. The molecule has 0 radical (unpaired) electrons. The minimum Gasteiger partial charge on any atom is -0.352 e. The second-order valence-corrected chi connectivity index (χ2v) is 12.1. The number of nitrogens with one attached hydrogen (secondary N) is 1. The topological polar surface area (TPSA) is 86.8 Å². The lowest BCUT2D eigenvalue weighted by Gasteiger charge is -2.30. The first-order chi connectivity index (χ1) is 17.3. The smallest absolute Gasteiger partial charge is 0.242 e. The number of carbonyl (C=O) groups is 2. The van der Waals surface area contributed by atoms with E-state index < -0.39 is 16.1 Å². The molecule has 0 aromatic heterocycles. The van der Waals surface area contributed by atoms with Crippen molar-refractivity contribution < 1.29 is 18.0 Å². The van der Waals surface area contributed by atoms with E-state index in [9.17, 15) is 18.0 Å². The van der Waals surface area contributed by atoms with E-state index in [0.29, 0.717) is 15.7 Å². The highest BCUT2D eigenvalue weighted by Gasteiger charge is 2.27. The summed E-state index contributed by atoms with van der Waals surface area (Å²) in [5, 5.41) is 3.69. The summed E-state index contributed by atoms with van der Waals surface area (Å²) in [5.74, 6) is -0.511. The number of amides is 2. The molecule has 10 heteroatoms. The van der Waals surface area contributed by atoms with Crippen LogP contribution in [0.2, 0.25) is 10.0 Å². The Kier molecular flexibility index (Phi) is 11.3. The van der Waals surface area contributed by atoms with Gasteiger partial charge in [0.05, 0.1) is 22.0 Å². The molecule has 2 aromatic rings. The van der Waals surface area contributed by atoms with Crippen molar-refractivity contribution in [3.8, 4) is 0 Å². The Morgan fingerprint density at radius 1 is 1.05 bits per heavy atom. The largest absolute Gasteiger partial charge is 0.352 e. The van der Waals surface area contributed by atoms with Crippen LogP contribution in [0.1, 0.15) is 56.7 Å². The summed E-state index contributed by atoms with van der Waals surface area (Å²) in [4.78, 5) is 27.8. The van der Waals surface area contributed by atoms with E-state index in [1.807, 2.05) is 39.8 Å². The third kappa shape index (κ3) is 8.62. The summed E-state index contributed by atoms with van der Waals surface area (Å²) in [6.07, 6.45) is 2.28. The average Bonchev–Trinajstić information content (AvgIpc) is 2.83. The Morgan fingerprint density at radius 2 is 1.73 bits per heavy atom. The van der Waals surface area contributed by atoms with Crippen molar-refractivity contribution in [2.24, 2.45) is 0 Å². The first-order valence-corrected chi connectivity index (χ1v) is 14.9. The number of rotatable bonds is 12. The fourth-order valence-electron chi connectivity index (χ4n) is 3.87. The lowest BCUT2D eigenvalue weighted by molar-refractivity contribution is -0.140. The molecule has 0 bridgehead atoms. The number of carbonyl (C=O) groups excluding carboxylic acids is 2. The van der Waals surface area contributed by atoms with Gasteiger partial charge < -0.3 is 10.2 Å². The monoisotopic (exact) mass is 569 g/mol. The minimum atomic E-state index is -3.56. The third-order valence-corrected chi connectivity index (χ3v) is 8.42. The maximum Gasteiger partial charge on any atom is 0.242 e. The molecule has 0 fully saturated rings. The number of nitrogens with zero attached hydrogens (tertiary/aromatic N) is 2. The molecule has 0 spiro atoms. The summed E-state index contributed by atoms with van der Waals surface area (Å²) >= 11 is 12.2. The van der Waals surface area contributed by atoms with E-state index in [4.69, 9.17) is 23.2 Å². The summed E-state index contributed by atoms with van der Waals surface area (Å²) in [6, 6.07) is 9.84. The Bertz CT molecular complexity index is 1220. The molecule has 0 saturated carbocycles. The maximum absolute atomic E-state index is 13.4. The van der Waals surface area contributed by atoms with E-state index in [-0.39, 0.29) is 43.8 Å². The first kappa shape index (κ1) is 30.9. The van der Waals surface area contributed by atoms with Crippen molar-refractivity contribution in [1.82, 2.24) is 10.2 Å². The van der Waals surface area contributed by atoms with Crippen LogP contribution in [0, 0.1) is 13.8 Å². The SMILES string of the molecule is CC[C@H](C)NC(=O)[C@@H](C)N(Cc1ccc(Cl)c(Cl)c1)C(=O)CCCN(c1cccc(C)c1C)S(C)(=O)=O. The van der Waals surface area contributed by atoms with E-state index in [2.05, 4.69) is 5.32 Å². The van der Waals surface area contributed by atoms with Crippen molar-refractivity contribution in [2.75, 3.05) is 17.1 Å². The highest BCUT2D eigenvalue weighted by molar-refractivity contribution is 7.92. The van der Waals surface area contributed by atoms with Gasteiger partial charge in [0.25, 0.3) is 0 Å². The second-order valence-electron chi connectivity index (χ2n) is 9.42. The van der Waals surface area contributed by atoms with Gasteiger partial charge in [0.15, 0.2) is 0 Å². The van der Waals surface area contributed by atoms with Gasteiger partial charge in [0.2, 0.25) is 21.8 Å². The Hall–Kier alpha value is -2.29. The quantitative estimate of drug-likeness (QED) is 0.366. The van der Waals surface area contributed by atoms with Gasteiger partial charge in [0.1, 0.15) is 6.04 Å². The number of halogens is 2. The molecule has 2 aromatic carbocycles. The van der Waals surface area contributed by atoms with Crippen molar-refractivity contribution in [2.45, 2.75) is 72.5 Å². The minimum absolute atomic E-state index is 0.0298. The van der Waals surface area contributed by atoms with E-state index in [1.54, 1.807) is 31.2 Å². The van der Waals surface area contributed by atoms with Crippen LogP contribution in [0.15, 0.2) is 36.4 Å². The van der Waals surface area contributed by atoms with Crippen molar-refractivity contribution in [1.29, 1.82) is 0 Å². The Balaban J connectivity index is 2.24.